The lowest BCUT2D eigenvalue weighted by molar-refractivity contribution is 0.405. The molecule has 0 N–H and O–H groups in total. The molecule has 0 aliphatic rings. The molecule has 4 nitrogen and oxygen atoms in total. The highest BCUT2D eigenvalue weighted by molar-refractivity contribution is 7.99. The number of aromatic nitrogens is 3. The van der Waals surface area contributed by atoms with Gasteiger partial charge in [-0.3, -0.25) is 4.98 Å². The Bertz CT molecular complexity index is 718. The molecule has 0 atom stereocenters. The van der Waals surface area contributed by atoms with Gasteiger partial charge in [-0.25, -0.2) is 9.97 Å². The van der Waals surface area contributed by atoms with Gasteiger partial charge in [0.15, 0.2) is 5.65 Å². The van der Waals surface area contributed by atoms with Crippen molar-refractivity contribution in [3.63, 3.8) is 0 Å². The van der Waals surface area contributed by atoms with Crippen molar-refractivity contribution in [1.82, 2.24) is 15.0 Å². The van der Waals surface area contributed by atoms with E-state index in [9.17, 15) is 0 Å². The van der Waals surface area contributed by atoms with Crippen LogP contribution in [0.1, 0.15) is 0 Å². The summed E-state index contributed by atoms with van der Waals surface area (Å²) < 4.78 is 5.33. The number of methoxy groups -OCH3 is 1. The fourth-order valence-corrected chi connectivity index (χ4v) is 2.60. The highest BCUT2D eigenvalue weighted by Crippen LogP contribution is 2.33. The van der Waals surface area contributed by atoms with Crippen molar-refractivity contribution in [3.05, 3.63) is 48.8 Å². The summed E-state index contributed by atoms with van der Waals surface area (Å²) >= 11 is 1.55. The summed E-state index contributed by atoms with van der Waals surface area (Å²) in [4.78, 5) is 13.9. The first-order valence-corrected chi connectivity index (χ1v) is 6.57. The van der Waals surface area contributed by atoms with Crippen molar-refractivity contribution in [2.24, 2.45) is 0 Å². The minimum Gasteiger partial charge on any atom is -0.496 e. The Morgan fingerprint density at radius 2 is 1.84 bits per heavy atom. The van der Waals surface area contributed by atoms with Crippen LogP contribution in [0, 0.1) is 0 Å². The third kappa shape index (κ3) is 2.51. The van der Waals surface area contributed by atoms with Gasteiger partial charge >= 0.3 is 0 Å². The van der Waals surface area contributed by atoms with Gasteiger partial charge in [-0.15, -0.1) is 0 Å². The molecule has 0 amide bonds. The number of pyridine rings is 1. The second kappa shape index (κ2) is 5.24. The van der Waals surface area contributed by atoms with Gasteiger partial charge in [-0.2, -0.15) is 0 Å². The molecule has 0 fully saturated rings. The van der Waals surface area contributed by atoms with Gasteiger partial charge in [-0.05, 0) is 24.3 Å². The number of hydrogen-bond acceptors (Lipinski definition) is 5. The monoisotopic (exact) mass is 269 g/mol. The number of ether oxygens (including phenoxy) is 1. The van der Waals surface area contributed by atoms with Crippen molar-refractivity contribution < 1.29 is 4.74 Å². The van der Waals surface area contributed by atoms with Crippen LogP contribution in [0.25, 0.3) is 11.2 Å². The quantitative estimate of drug-likeness (QED) is 0.730. The second-order valence-corrected chi connectivity index (χ2v) is 4.86. The minimum absolute atomic E-state index is 0.655. The predicted octanol–water partition coefficient (Wildman–Crippen LogP) is 3.18. The van der Waals surface area contributed by atoms with Gasteiger partial charge in [0, 0.05) is 12.4 Å². The normalized spacial score (nSPS) is 10.6. The average molecular weight is 269 g/mol. The van der Waals surface area contributed by atoms with E-state index >= 15 is 0 Å². The SMILES string of the molecule is COc1ccccc1Sc1ccc2nccnc2n1. The van der Waals surface area contributed by atoms with Crippen LogP contribution in [0.3, 0.4) is 0 Å². The number of fused-ring (bicyclic) bond motifs is 1. The summed E-state index contributed by atoms with van der Waals surface area (Å²) in [6.45, 7) is 0. The van der Waals surface area contributed by atoms with Crippen molar-refractivity contribution in [2.45, 2.75) is 9.92 Å². The zero-order valence-corrected chi connectivity index (χ0v) is 11.1. The highest BCUT2D eigenvalue weighted by atomic mass is 32.2. The van der Waals surface area contributed by atoms with Crippen molar-refractivity contribution in [2.75, 3.05) is 7.11 Å². The lowest BCUT2D eigenvalue weighted by Gasteiger charge is -2.07. The Balaban J connectivity index is 1.96. The van der Waals surface area contributed by atoms with E-state index in [0.717, 1.165) is 21.2 Å². The zero-order valence-electron chi connectivity index (χ0n) is 10.3. The van der Waals surface area contributed by atoms with Gasteiger partial charge in [0.1, 0.15) is 16.3 Å². The highest BCUT2D eigenvalue weighted by Gasteiger charge is 2.06. The van der Waals surface area contributed by atoms with E-state index in [1.54, 1.807) is 31.3 Å². The van der Waals surface area contributed by atoms with E-state index in [1.165, 1.54) is 0 Å². The standard InChI is InChI=1S/C14H11N3OS/c1-18-11-4-2-3-5-12(11)19-13-7-6-10-14(17-13)16-9-8-15-10/h2-9H,1H3. The molecule has 0 saturated carbocycles. The number of para-hydroxylation sites is 1. The number of rotatable bonds is 3. The Labute approximate surface area is 114 Å². The van der Waals surface area contributed by atoms with E-state index in [-0.39, 0.29) is 0 Å². The summed E-state index contributed by atoms with van der Waals surface area (Å²) in [5, 5.41) is 0.873. The summed E-state index contributed by atoms with van der Waals surface area (Å²) in [6, 6.07) is 11.7. The van der Waals surface area contributed by atoms with Gasteiger partial charge in [-0.1, -0.05) is 23.9 Å². The largest absolute Gasteiger partial charge is 0.496 e. The van der Waals surface area contributed by atoms with E-state index in [1.807, 2.05) is 36.4 Å². The van der Waals surface area contributed by atoms with Gasteiger partial charge in [0.05, 0.1) is 12.0 Å². The third-order valence-corrected chi connectivity index (χ3v) is 3.58. The molecular weight excluding hydrogens is 258 g/mol. The second-order valence-electron chi connectivity index (χ2n) is 3.80. The maximum absolute atomic E-state index is 5.33. The molecule has 0 saturated heterocycles. The zero-order chi connectivity index (χ0) is 13.1. The van der Waals surface area contributed by atoms with Gasteiger partial charge in [0.2, 0.25) is 0 Å². The van der Waals surface area contributed by atoms with Crippen LogP contribution in [0.5, 0.6) is 5.75 Å². The Kier molecular flexibility index (Phi) is 3.29. The molecule has 0 radical (unpaired) electrons. The molecule has 0 unspecified atom stereocenters. The van der Waals surface area contributed by atoms with Crippen LogP contribution >= 0.6 is 11.8 Å². The molecule has 1 aromatic carbocycles. The van der Waals surface area contributed by atoms with Gasteiger partial charge in [0.25, 0.3) is 0 Å². The maximum Gasteiger partial charge on any atom is 0.179 e. The summed E-state index contributed by atoms with van der Waals surface area (Å²) in [5.74, 6) is 0.841. The molecule has 0 aliphatic carbocycles. The Hall–Kier alpha value is -2.14. The molecule has 3 aromatic rings. The molecule has 3 rings (SSSR count). The smallest absolute Gasteiger partial charge is 0.179 e. The first kappa shape index (κ1) is 11.9. The average Bonchev–Trinajstić information content (AvgIpc) is 2.48. The van der Waals surface area contributed by atoms with E-state index in [0.29, 0.717) is 5.65 Å². The third-order valence-electron chi connectivity index (χ3n) is 2.59. The van der Waals surface area contributed by atoms with Crippen LogP contribution in [0.4, 0.5) is 0 Å². The maximum atomic E-state index is 5.33. The lowest BCUT2D eigenvalue weighted by Crippen LogP contribution is -1.89. The molecule has 2 aromatic heterocycles. The fourth-order valence-electron chi connectivity index (χ4n) is 1.71. The molecule has 94 valence electrons. The first-order chi connectivity index (χ1) is 9.36. The Morgan fingerprint density at radius 1 is 1.00 bits per heavy atom. The van der Waals surface area contributed by atoms with Crippen molar-refractivity contribution >= 4 is 22.9 Å². The first-order valence-electron chi connectivity index (χ1n) is 5.75. The summed E-state index contributed by atoms with van der Waals surface area (Å²) in [7, 11) is 1.67. The number of nitrogens with zero attached hydrogens (tertiary/aromatic N) is 3. The van der Waals surface area contributed by atoms with Crippen LogP contribution in [0.15, 0.2) is 58.7 Å². The topological polar surface area (TPSA) is 47.9 Å². The van der Waals surface area contributed by atoms with E-state index in [2.05, 4.69) is 15.0 Å². The molecular formula is C14H11N3OS. The molecule has 5 heteroatoms. The molecule has 0 spiro atoms. The predicted molar refractivity (Wildman–Crippen MR) is 74.5 cm³/mol. The number of hydrogen-bond donors (Lipinski definition) is 0. The van der Waals surface area contributed by atoms with Crippen molar-refractivity contribution in [1.29, 1.82) is 0 Å². The lowest BCUT2D eigenvalue weighted by atomic mass is 10.3. The van der Waals surface area contributed by atoms with Crippen LogP contribution in [-0.2, 0) is 0 Å². The van der Waals surface area contributed by atoms with E-state index < -0.39 is 0 Å². The Morgan fingerprint density at radius 3 is 2.74 bits per heavy atom. The van der Waals surface area contributed by atoms with Crippen molar-refractivity contribution in [3.8, 4) is 5.75 Å². The molecule has 19 heavy (non-hydrogen) atoms. The fraction of sp³-hybridized carbons (Fsp3) is 0.0714. The minimum atomic E-state index is 0.655. The van der Waals surface area contributed by atoms with Gasteiger partial charge < -0.3 is 4.74 Å². The molecule has 0 aliphatic heterocycles. The molecule has 0 bridgehead atoms. The summed E-state index contributed by atoms with van der Waals surface area (Å²) in [6.07, 6.45) is 3.31. The van der Waals surface area contributed by atoms with Crippen LogP contribution < -0.4 is 4.74 Å². The van der Waals surface area contributed by atoms with E-state index in [4.69, 9.17) is 4.74 Å². The van der Waals surface area contributed by atoms with Crippen LogP contribution in [0.2, 0.25) is 0 Å². The molecule has 2 heterocycles. The van der Waals surface area contributed by atoms with Crippen LogP contribution in [-0.4, -0.2) is 22.1 Å². The number of benzene rings is 1. The summed E-state index contributed by atoms with van der Waals surface area (Å²) in [5.41, 5.74) is 1.45.